The molecule has 0 saturated heterocycles. The van der Waals surface area contributed by atoms with E-state index in [0.717, 1.165) is 5.76 Å². The summed E-state index contributed by atoms with van der Waals surface area (Å²) in [5.41, 5.74) is -0.790. The first-order chi connectivity index (χ1) is 6.89. The number of aliphatic hydroxyl groups is 1. The summed E-state index contributed by atoms with van der Waals surface area (Å²) in [5, 5.41) is 9.77. The molecule has 0 spiro atoms. The maximum Gasteiger partial charge on any atom is 0.335 e. The van der Waals surface area contributed by atoms with Crippen molar-refractivity contribution in [3.05, 3.63) is 23.7 Å². The smallest absolute Gasteiger partial charge is 0.335 e. The summed E-state index contributed by atoms with van der Waals surface area (Å²) in [6.45, 7) is 5.27. The Morgan fingerprint density at radius 2 is 2.13 bits per heavy atom. The lowest BCUT2D eigenvalue weighted by atomic mass is 9.84. The number of ether oxygens (including phenoxy) is 1. The van der Waals surface area contributed by atoms with Gasteiger partial charge in [0.2, 0.25) is 0 Å². The van der Waals surface area contributed by atoms with Crippen LogP contribution in [0.2, 0.25) is 0 Å². The van der Waals surface area contributed by atoms with E-state index in [2.05, 4.69) is 4.74 Å². The molecule has 0 aliphatic carbocycles. The number of carbonyl (C=O) groups excluding carboxylic acids is 1. The lowest BCUT2D eigenvalue weighted by Gasteiger charge is -2.26. The van der Waals surface area contributed by atoms with Crippen molar-refractivity contribution in [2.75, 3.05) is 7.11 Å². The minimum atomic E-state index is -1.23. The Hall–Kier alpha value is -1.29. The highest BCUT2D eigenvalue weighted by Gasteiger charge is 2.38. The van der Waals surface area contributed by atoms with Gasteiger partial charge in [-0.25, -0.2) is 4.79 Å². The first-order valence-corrected chi connectivity index (χ1v) is 4.72. The molecule has 1 aromatic heterocycles. The average molecular weight is 212 g/mol. The Morgan fingerprint density at radius 3 is 2.53 bits per heavy atom. The predicted molar refractivity (Wildman–Crippen MR) is 54.5 cm³/mol. The van der Waals surface area contributed by atoms with Crippen LogP contribution in [0, 0.1) is 6.92 Å². The molecule has 1 N–H and O–H groups in total. The molecule has 0 aliphatic rings. The second-order valence-corrected chi connectivity index (χ2v) is 4.06. The van der Waals surface area contributed by atoms with Crippen molar-refractivity contribution < 1.29 is 19.1 Å². The molecule has 1 unspecified atom stereocenters. The van der Waals surface area contributed by atoms with E-state index >= 15 is 0 Å². The van der Waals surface area contributed by atoms with Gasteiger partial charge in [0, 0.05) is 0 Å². The molecule has 0 aromatic carbocycles. The Morgan fingerprint density at radius 1 is 1.53 bits per heavy atom. The quantitative estimate of drug-likeness (QED) is 0.769. The minimum Gasteiger partial charge on any atom is -0.467 e. The van der Waals surface area contributed by atoms with Crippen molar-refractivity contribution in [3.63, 3.8) is 0 Å². The Balaban J connectivity index is 2.96. The highest BCUT2D eigenvalue weighted by atomic mass is 16.5. The van der Waals surface area contributed by atoms with Gasteiger partial charge in [-0.15, -0.1) is 0 Å². The lowest BCUT2D eigenvalue weighted by molar-refractivity contribution is -0.154. The molecular formula is C11H16O4. The van der Waals surface area contributed by atoms with Gasteiger partial charge in [-0.2, -0.15) is 0 Å². The predicted octanol–water partition coefficient (Wildman–Crippen LogP) is 1.40. The number of carbonyl (C=O) groups is 1. The Labute approximate surface area is 88.8 Å². The van der Waals surface area contributed by atoms with E-state index in [0.29, 0.717) is 5.76 Å². The summed E-state index contributed by atoms with van der Waals surface area (Å²) in [6.07, 6.45) is -1.23. The number of esters is 1. The number of furan rings is 1. The third kappa shape index (κ3) is 2.21. The van der Waals surface area contributed by atoms with E-state index in [-0.39, 0.29) is 0 Å². The molecular weight excluding hydrogens is 196 g/mol. The number of rotatable bonds is 3. The van der Waals surface area contributed by atoms with Crippen LogP contribution in [0.25, 0.3) is 0 Å². The van der Waals surface area contributed by atoms with Crippen LogP contribution in [0.5, 0.6) is 0 Å². The van der Waals surface area contributed by atoms with Crippen molar-refractivity contribution in [1.82, 2.24) is 0 Å². The number of aryl methyl sites for hydroxylation is 1. The number of aliphatic hydroxyl groups excluding tert-OH is 1. The monoisotopic (exact) mass is 212 g/mol. The van der Waals surface area contributed by atoms with Gasteiger partial charge in [-0.05, 0) is 32.9 Å². The summed E-state index contributed by atoms with van der Waals surface area (Å²) in [4.78, 5) is 11.2. The summed E-state index contributed by atoms with van der Waals surface area (Å²) >= 11 is 0. The summed E-state index contributed by atoms with van der Waals surface area (Å²) in [6, 6.07) is 3.54. The van der Waals surface area contributed by atoms with E-state index in [1.54, 1.807) is 26.0 Å². The fourth-order valence-electron chi connectivity index (χ4n) is 1.32. The fraction of sp³-hybridized carbons (Fsp3) is 0.545. The molecule has 1 rings (SSSR count). The summed E-state index contributed by atoms with van der Waals surface area (Å²) in [7, 11) is 1.25. The lowest BCUT2D eigenvalue weighted by Crippen LogP contribution is -2.40. The molecule has 0 radical (unpaired) electrons. The molecule has 1 heterocycles. The van der Waals surface area contributed by atoms with Crippen molar-refractivity contribution in [2.45, 2.75) is 32.3 Å². The zero-order chi connectivity index (χ0) is 11.6. The summed E-state index contributed by atoms with van der Waals surface area (Å²) < 4.78 is 9.89. The van der Waals surface area contributed by atoms with Crippen LogP contribution < -0.4 is 0 Å². The standard InChI is InChI=1S/C11H16O4/c1-7-5-6-8(15-7)11(2,3)9(12)10(13)14-4/h5-6,9,12H,1-4H3. The molecule has 0 aliphatic heterocycles. The van der Waals surface area contributed by atoms with Gasteiger partial charge in [-0.3, -0.25) is 0 Å². The molecule has 0 amide bonds. The second kappa shape index (κ2) is 4.06. The number of hydrogen-bond donors (Lipinski definition) is 1. The second-order valence-electron chi connectivity index (χ2n) is 4.06. The number of methoxy groups -OCH3 is 1. The van der Waals surface area contributed by atoms with E-state index in [1.807, 2.05) is 6.92 Å². The molecule has 84 valence electrons. The van der Waals surface area contributed by atoms with Crippen LogP contribution in [0.15, 0.2) is 16.5 Å². The van der Waals surface area contributed by atoms with Crippen LogP contribution in [-0.4, -0.2) is 24.3 Å². The van der Waals surface area contributed by atoms with Crippen molar-refractivity contribution in [2.24, 2.45) is 0 Å². The van der Waals surface area contributed by atoms with E-state index in [4.69, 9.17) is 4.42 Å². The molecule has 4 nitrogen and oxygen atoms in total. The largest absolute Gasteiger partial charge is 0.467 e. The highest BCUT2D eigenvalue weighted by Crippen LogP contribution is 2.29. The van der Waals surface area contributed by atoms with Crippen LogP contribution in [-0.2, 0) is 14.9 Å². The first kappa shape index (κ1) is 11.8. The third-order valence-electron chi connectivity index (χ3n) is 2.48. The van der Waals surface area contributed by atoms with Gasteiger partial charge in [0.15, 0.2) is 6.10 Å². The van der Waals surface area contributed by atoms with Gasteiger partial charge in [0.05, 0.1) is 12.5 Å². The molecule has 4 heteroatoms. The molecule has 1 atom stereocenters. The van der Waals surface area contributed by atoms with Gasteiger partial charge >= 0.3 is 5.97 Å². The van der Waals surface area contributed by atoms with Gasteiger partial charge in [0.1, 0.15) is 11.5 Å². The Kier molecular flexibility index (Phi) is 3.19. The molecule has 0 fully saturated rings. The van der Waals surface area contributed by atoms with Crippen molar-refractivity contribution >= 4 is 5.97 Å². The van der Waals surface area contributed by atoms with Crippen LogP contribution in [0.1, 0.15) is 25.4 Å². The van der Waals surface area contributed by atoms with Gasteiger partial charge in [-0.1, -0.05) is 0 Å². The fourth-order valence-corrected chi connectivity index (χ4v) is 1.32. The molecule has 0 bridgehead atoms. The first-order valence-electron chi connectivity index (χ1n) is 4.72. The van der Waals surface area contributed by atoms with E-state index in [9.17, 15) is 9.90 Å². The van der Waals surface area contributed by atoms with Crippen molar-refractivity contribution in [3.8, 4) is 0 Å². The maximum absolute atomic E-state index is 11.2. The zero-order valence-electron chi connectivity index (χ0n) is 9.40. The Bertz CT molecular complexity index is 351. The molecule has 15 heavy (non-hydrogen) atoms. The van der Waals surface area contributed by atoms with Crippen LogP contribution >= 0.6 is 0 Å². The summed E-state index contributed by atoms with van der Waals surface area (Å²) in [5.74, 6) is 0.655. The normalized spacial score (nSPS) is 13.7. The van der Waals surface area contributed by atoms with E-state index in [1.165, 1.54) is 7.11 Å². The van der Waals surface area contributed by atoms with Crippen LogP contribution in [0.3, 0.4) is 0 Å². The molecule has 1 aromatic rings. The van der Waals surface area contributed by atoms with Crippen molar-refractivity contribution in [1.29, 1.82) is 0 Å². The molecule has 0 saturated carbocycles. The van der Waals surface area contributed by atoms with Gasteiger partial charge in [0.25, 0.3) is 0 Å². The third-order valence-corrected chi connectivity index (χ3v) is 2.48. The maximum atomic E-state index is 11.2. The highest BCUT2D eigenvalue weighted by molar-refractivity contribution is 5.76. The van der Waals surface area contributed by atoms with E-state index < -0.39 is 17.5 Å². The topological polar surface area (TPSA) is 59.7 Å². The SMILES string of the molecule is COC(=O)C(O)C(C)(C)c1ccc(C)o1. The van der Waals surface area contributed by atoms with Crippen LogP contribution in [0.4, 0.5) is 0 Å². The number of hydrogen-bond acceptors (Lipinski definition) is 4. The zero-order valence-corrected chi connectivity index (χ0v) is 9.40. The minimum absolute atomic E-state index is 0.568. The van der Waals surface area contributed by atoms with Gasteiger partial charge < -0.3 is 14.3 Å². The average Bonchev–Trinajstić information content (AvgIpc) is 2.63.